The average molecular weight is 578 g/mol. The van der Waals surface area contributed by atoms with Gasteiger partial charge in [0.1, 0.15) is 17.3 Å². The van der Waals surface area contributed by atoms with Crippen LogP contribution < -0.4 is 37.7 Å². The summed E-state index contributed by atoms with van der Waals surface area (Å²) in [5.74, 6) is -1.85. The second-order valence-electron chi connectivity index (χ2n) is 9.06. The highest BCUT2D eigenvalue weighted by atomic mass is 19.4. The normalized spacial score (nSPS) is 12.8. The number of aromatic amines is 1. The molecule has 0 fully saturated rings. The van der Waals surface area contributed by atoms with Crippen LogP contribution in [-0.4, -0.2) is 65.9 Å². The molecule has 0 aliphatic heterocycles. The summed E-state index contributed by atoms with van der Waals surface area (Å²) in [6.07, 6.45) is -5.04. The van der Waals surface area contributed by atoms with Crippen LogP contribution in [0.2, 0.25) is 0 Å². The molecule has 0 bridgehead atoms. The lowest BCUT2D eigenvalue weighted by Gasteiger charge is -2.21. The number of hydrogen-bond acceptors (Lipinski definition) is 8. The number of nitrogens with two attached hydrogens (primary N) is 3. The molecule has 0 saturated carbocycles. The molecule has 0 unspecified atom stereocenters. The third-order valence-electron chi connectivity index (χ3n) is 6.00. The van der Waals surface area contributed by atoms with Crippen molar-refractivity contribution in [2.75, 3.05) is 25.1 Å². The number of H-pyrrole nitrogens is 1. The van der Waals surface area contributed by atoms with Crippen LogP contribution in [0.15, 0.2) is 54.6 Å². The molecule has 12 nitrogen and oxygen atoms in total. The molecular formula is C26H32F3N8O4+. The maximum absolute atomic E-state index is 13.3. The number of ether oxygens (including phenoxy) is 1. The molecule has 41 heavy (non-hydrogen) atoms. The van der Waals surface area contributed by atoms with Crippen LogP contribution in [0.5, 0.6) is 5.75 Å². The first-order valence-electron chi connectivity index (χ1n) is 12.7. The Labute approximate surface area is 233 Å². The molecular weight excluding hydrogens is 545 g/mol. The van der Waals surface area contributed by atoms with Crippen molar-refractivity contribution in [1.29, 1.82) is 0 Å². The Kier molecular flexibility index (Phi) is 10.9. The van der Waals surface area contributed by atoms with E-state index in [-0.39, 0.29) is 50.7 Å². The number of anilines is 1. The molecule has 0 spiro atoms. The van der Waals surface area contributed by atoms with Gasteiger partial charge < -0.3 is 32.2 Å². The van der Waals surface area contributed by atoms with Gasteiger partial charge in [0.15, 0.2) is 0 Å². The van der Waals surface area contributed by atoms with Crippen molar-refractivity contribution < 1.29 is 37.4 Å². The van der Waals surface area contributed by atoms with E-state index in [0.29, 0.717) is 11.1 Å². The summed E-state index contributed by atoms with van der Waals surface area (Å²) < 4.78 is 41.4. The number of benzene rings is 2. The lowest BCUT2D eigenvalue weighted by atomic mass is 10.0. The van der Waals surface area contributed by atoms with Gasteiger partial charge in [-0.15, -0.1) is 18.3 Å². The maximum Gasteiger partial charge on any atom is 0.573 e. The first-order valence-corrected chi connectivity index (χ1v) is 12.7. The number of aromatic nitrogens is 2. The number of alkyl halides is 3. The fourth-order valence-corrected chi connectivity index (χ4v) is 3.90. The number of halogens is 3. The molecule has 9 N–H and O–H groups in total. The molecule has 1 aromatic heterocycles. The minimum absolute atomic E-state index is 0.0219. The van der Waals surface area contributed by atoms with E-state index in [9.17, 15) is 27.6 Å². The SMILES string of the molecule is NCCN(CN)C(=O)CC[C@H](N)C(=O)N[C@H](Cc1ccc(OC(F)(F)F)cc1)C(=O)Nc1cc2ccccc2n[nH+]1. The van der Waals surface area contributed by atoms with Crippen molar-refractivity contribution in [1.82, 2.24) is 15.3 Å². The Bertz CT molecular complexity index is 1340. The number of nitrogens with zero attached hydrogens (tertiary/aromatic N) is 2. The van der Waals surface area contributed by atoms with Gasteiger partial charge in [-0.05, 0) is 30.2 Å². The minimum Gasteiger partial charge on any atom is -0.406 e. The van der Waals surface area contributed by atoms with Gasteiger partial charge in [-0.1, -0.05) is 35.4 Å². The zero-order valence-electron chi connectivity index (χ0n) is 22.0. The highest BCUT2D eigenvalue weighted by Gasteiger charge is 2.31. The molecule has 3 aromatic rings. The van der Waals surface area contributed by atoms with Crippen molar-refractivity contribution in [2.24, 2.45) is 17.2 Å². The molecule has 220 valence electrons. The largest absolute Gasteiger partial charge is 0.573 e. The van der Waals surface area contributed by atoms with E-state index >= 15 is 0 Å². The number of carbonyl (C=O) groups is 3. The van der Waals surface area contributed by atoms with Crippen LogP contribution >= 0.6 is 0 Å². The van der Waals surface area contributed by atoms with Crippen molar-refractivity contribution in [2.45, 2.75) is 37.7 Å². The Balaban J connectivity index is 1.73. The average Bonchev–Trinajstić information content (AvgIpc) is 2.94. The monoisotopic (exact) mass is 577 g/mol. The molecule has 2 aromatic carbocycles. The quantitative estimate of drug-likeness (QED) is 0.180. The second kappa shape index (κ2) is 14.3. The summed E-state index contributed by atoms with van der Waals surface area (Å²) in [5.41, 5.74) is 18.1. The summed E-state index contributed by atoms with van der Waals surface area (Å²) in [6, 6.07) is 11.4. The molecule has 15 heteroatoms. The van der Waals surface area contributed by atoms with Gasteiger partial charge >= 0.3 is 18.1 Å². The molecule has 0 radical (unpaired) electrons. The topological polar surface area (TPSA) is 193 Å². The van der Waals surface area contributed by atoms with Crippen molar-refractivity contribution in [3.63, 3.8) is 0 Å². The first kappa shape index (κ1) is 31.2. The summed E-state index contributed by atoms with van der Waals surface area (Å²) in [5, 5.41) is 12.9. The number of fused-ring (bicyclic) bond motifs is 1. The van der Waals surface area contributed by atoms with Crippen molar-refractivity contribution in [3.8, 4) is 5.75 Å². The Morgan fingerprint density at radius 2 is 1.76 bits per heavy atom. The highest BCUT2D eigenvalue weighted by Crippen LogP contribution is 2.23. The van der Waals surface area contributed by atoms with E-state index < -0.39 is 36.0 Å². The Hall–Kier alpha value is -4.34. The number of amides is 3. The predicted molar refractivity (Wildman–Crippen MR) is 143 cm³/mol. The van der Waals surface area contributed by atoms with Gasteiger partial charge in [0, 0.05) is 37.4 Å². The van der Waals surface area contributed by atoms with Gasteiger partial charge in [-0.2, -0.15) is 0 Å². The molecule has 1 heterocycles. The zero-order valence-corrected chi connectivity index (χ0v) is 22.0. The molecule has 3 amide bonds. The van der Waals surface area contributed by atoms with Crippen molar-refractivity contribution in [3.05, 3.63) is 60.2 Å². The van der Waals surface area contributed by atoms with Gasteiger partial charge in [0.2, 0.25) is 11.8 Å². The fourth-order valence-electron chi connectivity index (χ4n) is 3.90. The standard InChI is InChI=1S/C26H31F3N8O4/c27-26(28,29)41-18-7-5-16(6-8-18)13-21(25(40)34-22-14-17-3-1-2-4-20(17)35-36-22)33-24(39)19(32)9-10-23(38)37(15-31)12-11-30/h1-8,14,19,21H,9-13,15,30-32H2,(H,33,39)(H,34,36,40)/p+1/t19-,21+/m0/s1. The summed E-state index contributed by atoms with van der Waals surface area (Å²) in [7, 11) is 0. The lowest BCUT2D eigenvalue weighted by Crippen LogP contribution is -2.51. The van der Waals surface area contributed by atoms with Gasteiger partial charge in [0.25, 0.3) is 0 Å². The van der Waals surface area contributed by atoms with E-state index in [2.05, 4.69) is 25.6 Å². The van der Waals surface area contributed by atoms with Crippen LogP contribution in [0.25, 0.3) is 10.9 Å². The van der Waals surface area contributed by atoms with Crippen LogP contribution in [-0.2, 0) is 20.8 Å². The summed E-state index contributed by atoms with van der Waals surface area (Å²) in [6.45, 7) is 0.444. The van der Waals surface area contributed by atoms with Gasteiger partial charge in [-0.25, -0.2) is 10.1 Å². The summed E-state index contributed by atoms with van der Waals surface area (Å²) in [4.78, 5) is 39.8. The van der Waals surface area contributed by atoms with Crippen LogP contribution in [0.3, 0.4) is 0 Å². The predicted octanol–water partition coefficient (Wildman–Crippen LogP) is 0.425. The highest BCUT2D eigenvalue weighted by molar-refractivity contribution is 5.98. The zero-order chi connectivity index (χ0) is 30.0. The number of hydrogen-bond donors (Lipinski definition) is 5. The van der Waals surface area contributed by atoms with E-state index in [1.165, 1.54) is 17.0 Å². The van der Waals surface area contributed by atoms with E-state index in [1.54, 1.807) is 30.3 Å². The Morgan fingerprint density at radius 3 is 2.41 bits per heavy atom. The summed E-state index contributed by atoms with van der Waals surface area (Å²) >= 11 is 0. The smallest absolute Gasteiger partial charge is 0.406 e. The number of rotatable bonds is 13. The van der Waals surface area contributed by atoms with E-state index in [0.717, 1.165) is 17.5 Å². The first-order chi connectivity index (χ1) is 19.5. The molecule has 0 aliphatic rings. The van der Waals surface area contributed by atoms with Crippen LogP contribution in [0.1, 0.15) is 18.4 Å². The fraction of sp³-hybridized carbons (Fsp3) is 0.346. The van der Waals surface area contributed by atoms with Gasteiger partial charge in [-0.3, -0.25) is 9.59 Å². The van der Waals surface area contributed by atoms with Crippen LogP contribution in [0.4, 0.5) is 19.0 Å². The third-order valence-corrected chi connectivity index (χ3v) is 6.00. The molecule has 0 aliphatic carbocycles. The van der Waals surface area contributed by atoms with Crippen molar-refractivity contribution >= 4 is 34.4 Å². The maximum atomic E-state index is 13.3. The third kappa shape index (κ3) is 9.66. The minimum atomic E-state index is -4.86. The number of carbonyl (C=O) groups excluding carboxylic acids is 3. The van der Waals surface area contributed by atoms with Gasteiger partial charge in [0.05, 0.1) is 12.7 Å². The van der Waals surface area contributed by atoms with E-state index in [4.69, 9.17) is 17.2 Å². The van der Waals surface area contributed by atoms with E-state index in [1.807, 2.05) is 0 Å². The molecule has 2 atom stereocenters. The second-order valence-corrected chi connectivity index (χ2v) is 9.06. The Morgan fingerprint density at radius 1 is 1.05 bits per heavy atom. The van der Waals surface area contributed by atoms with Crippen LogP contribution in [0, 0.1) is 0 Å². The number of para-hydroxylation sites is 1. The number of nitrogens with one attached hydrogen (secondary N) is 3. The lowest BCUT2D eigenvalue weighted by molar-refractivity contribution is -0.435. The molecule has 0 saturated heterocycles. The molecule has 3 rings (SSSR count).